The summed E-state index contributed by atoms with van der Waals surface area (Å²) in [5.41, 5.74) is -1.02. The van der Waals surface area contributed by atoms with Gasteiger partial charge in [0.15, 0.2) is 6.10 Å². The Morgan fingerprint density at radius 2 is 1.83 bits per heavy atom. The van der Waals surface area contributed by atoms with E-state index in [1.165, 1.54) is 20.8 Å². The van der Waals surface area contributed by atoms with E-state index in [4.69, 9.17) is 0 Å². The molecule has 0 bridgehead atoms. The van der Waals surface area contributed by atoms with Gasteiger partial charge in [-0.15, -0.1) is 0 Å². The molecule has 1 fully saturated rings. The van der Waals surface area contributed by atoms with Crippen molar-refractivity contribution in [2.75, 3.05) is 6.54 Å². The van der Waals surface area contributed by atoms with Gasteiger partial charge in [-0.3, -0.25) is 0 Å². The largest absolute Gasteiger partial charge is 0.443 e. The van der Waals surface area contributed by atoms with Crippen molar-refractivity contribution in [1.29, 1.82) is 0 Å². The Kier molecular flexibility index (Phi) is 3.56. The fraction of sp³-hybridized carbons (Fsp3) is 0.875. The van der Waals surface area contributed by atoms with Crippen LogP contribution in [0.4, 0.5) is 18.0 Å². The SMILES string of the molecule is CC(C)(C)OC(=O)N1C[C@@H](C(F)(F)F)OS1(=O)=O. The summed E-state index contributed by atoms with van der Waals surface area (Å²) in [6.45, 7) is 3.22. The first-order valence-corrected chi connectivity index (χ1v) is 6.20. The molecule has 1 saturated heterocycles. The van der Waals surface area contributed by atoms with Gasteiger partial charge >= 0.3 is 22.6 Å². The summed E-state index contributed by atoms with van der Waals surface area (Å²) in [5.74, 6) is 0. The number of halogens is 3. The molecule has 0 unspecified atom stereocenters. The van der Waals surface area contributed by atoms with E-state index in [0.717, 1.165) is 0 Å². The third kappa shape index (κ3) is 3.48. The monoisotopic (exact) mass is 291 g/mol. The molecule has 1 amide bonds. The van der Waals surface area contributed by atoms with Crippen molar-refractivity contribution < 1.29 is 35.3 Å². The van der Waals surface area contributed by atoms with Gasteiger partial charge in [-0.1, -0.05) is 0 Å². The minimum absolute atomic E-state index is 0.0730. The number of carbonyl (C=O) groups excluding carboxylic acids is 1. The highest BCUT2D eigenvalue weighted by molar-refractivity contribution is 7.85. The summed E-state index contributed by atoms with van der Waals surface area (Å²) in [7, 11) is -4.75. The average Bonchev–Trinajstić information content (AvgIpc) is 2.36. The Morgan fingerprint density at radius 1 is 1.33 bits per heavy atom. The Bertz CT molecular complexity index is 439. The lowest BCUT2D eigenvalue weighted by atomic mass is 10.2. The summed E-state index contributed by atoms with van der Waals surface area (Å²) < 4.78 is 67.9. The van der Waals surface area contributed by atoms with Crippen LogP contribution in [0.1, 0.15) is 20.8 Å². The van der Waals surface area contributed by atoms with Crippen LogP contribution in [0.3, 0.4) is 0 Å². The first-order chi connectivity index (χ1) is 7.83. The standard InChI is InChI=1S/C8H12F3NO5S/c1-7(2,3)16-6(13)12-4-5(8(9,10)11)17-18(12,14)15/h5H,4H2,1-3H3/t5-/m0/s1. The van der Waals surface area contributed by atoms with Crippen molar-refractivity contribution in [3.05, 3.63) is 0 Å². The zero-order chi connectivity index (χ0) is 14.4. The lowest BCUT2D eigenvalue weighted by molar-refractivity contribution is -0.187. The van der Waals surface area contributed by atoms with E-state index < -0.39 is 40.8 Å². The highest BCUT2D eigenvalue weighted by Gasteiger charge is 2.54. The molecule has 1 heterocycles. The molecule has 1 aliphatic rings. The van der Waals surface area contributed by atoms with Gasteiger partial charge in [-0.2, -0.15) is 25.9 Å². The number of hydrogen-bond acceptors (Lipinski definition) is 5. The van der Waals surface area contributed by atoms with Gasteiger partial charge in [0.1, 0.15) is 5.60 Å². The van der Waals surface area contributed by atoms with Crippen LogP contribution >= 0.6 is 0 Å². The lowest BCUT2D eigenvalue weighted by Crippen LogP contribution is -2.39. The molecular weight excluding hydrogens is 279 g/mol. The second-order valence-corrected chi connectivity index (χ2v) is 6.08. The number of amides is 1. The summed E-state index contributed by atoms with van der Waals surface area (Å²) in [6.07, 6.45) is -8.83. The Balaban J connectivity index is 2.88. The normalized spacial score (nSPS) is 24.1. The predicted molar refractivity (Wildman–Crippen MR) is 52.8 cm³/mol. The average molecular weight is 291 g/mol. The molecule has 0 aromatic carbocycles. The molecule has 10 heteroatoms. The van der Waals surface area contributed by atoms with Gasteiger partial charge in [-0.05, 0) is 20.8 Å². The highest BCUT2D eigenvalue weighted by atomic mass is 32.2. The maximum atomic E-state index is 12.3. The van der Waals surface area contributed by atoms with E-state index in [1.54, 1.807) is 0 Å². The van der Waals surface area contributed by atoms with Crippen LogP contribution < -0.4 is 0 Å². The van der Waals surface area contributed by atoms with Crippen molar-refractivity contribution in [3.63, 3.8) is 0 Å². The highest BCUT2D eigenvalue weighted by Crippen LogP contribution is 2.31. The Labute approximate surface area is 102 Å². The van der Waals surface area contributed by atoms with Crippen LogP contribution in [0.2, 0.25) is 0 Å². The second-order valence-electron chi connectivity index (χ2n) is 4.60. The molecule has 0 spiro atoms. The Hall–Kier alpha value is -1.03. The summed E-state index contributed by atoms with van der Waals surface area (Å²) >= 11 is 0. The fourth-order valence-corrected chi connectivity index (χ4v) is 2.21. The van der Waals surface area contributed by atoms with Gasteiger partial charge < -0.3 is 4.74 Å². The number of ether oxygens (including phenoxy) is 1. The topological polar surface area (TPSA) is 72.9 Å². The van der Waals surface area contributed by atoms with Crippen molar-refractivity contribution in [2.24, 2.45) is 0 Å². The molecule has 6 nitrogen and oxygen atoms in total. The first-order valence-electron chi connectivity index (χ1n) is 4.83. The van der Waals surface area contributed by atoms with E-state index in [2.05, 4.69) is 8.92 Å². The molecule has 0 aliphatic carbocycles. The molecule has 0 saturated carbocycles. The van der Waals surface area contributed by atoms with Gasteiger partial charge in [0.25, 0.3) is 0 Å². The quantitative estimate of drug-likeness (QED) is 0.675. The zero-order valence-electron chi connectivity index (χ0n) is 9.82. The molecular formula is C8H12F3NO5S. The molecule has 0 radical (unpaired) electrons. The first kappa shape index (κ1) is 15.0. The maximum absolute atomic E-state index is 12.3. The van der Waals surface area contributed by atoms with Gasteiger partial charge in [0.2, 0.25) is 0 Å². The van der Waals surface area contributed by atoms with E-state index >= 15 is 0 Å². The maximum Gasteiger partial charge on any atom is 0.425 e. The lowest BCUT2D eigenvalue weighted by Gasteiger charge is -2.22. The van der Waals surface area contributed by atoms with Crippen LogP contribution in [0.15, 0.2) is 0 Å². The number of rotatable bonds is 0. The molecule has 18 heavy (non-hydrogen) atoms. The molecule has 0 aromatic heterocycles. The Morgan fingerprint density at radius 3 is 2.17 bits per heavy atom. The molecule has 0 N–H and O–H groups in total. The van der Waals surface area contributed by atoms with Crippen molar-refractivity contribution in [1.82, 2.24) is 4.31 Å². The van der Waals surface area contributed by atoms with E-state index in [1.807, 2.05) is 0 Å². The summed E-state index contributed by atoms with van der Waals surface area (Å²) in [4.78, 5) is 11.4. The second kappa shape index (κ2) is 4.26. The van der Waals surface area contributed by atoms with Crippen LogP contribution in [-0.2, 0) is 19.2 Å². The van der Waals surface area contributed by atoms with Crippen molar-refractivity contribution in [2.45, 2.75) is 38.7 Å². The fourth-order valence-electron chi connectivity index (χ4n) is 1.11. The molecule has 1 rings (SSSR count). The van der Waals surface area contributed by atoms with Crippen LogP contribution in [0, 0.1) is 0 Å². The number of hydrogen-bond donors (Lipinski definition) is 0. The molecule has 0 aromatic rings. The van der Waals surface area contributed by atoms with Gasteiger partial charge in [0.05, 0.1) is 6.54 Å². The van der Waals surface area contributed by atoms with E-state index in [-0.39, 0.29) is 4.31 Å². The third-order valence-corrected chi connectivity index (χ3v) is 3.12. The van der Waals surface area contributed by atoms with Crippen LogP contribution in [0.25, 0.3) is 0 Å². The van der Waals surface area contributed by atoms with Crippen LogP contribution in [0.5, 0.6) is 0 Å². The number of alkyl halides is 3. The molecule has 106 valence electrons. The minimum Gasteiger partial charge on any atom is -0.443 e. The van der Waals surface area contributed by atoms with E-state index in [9.17, 15) is 26.4 Å². The summed E-state index contributed by atoms with van der Waals surface area (Å²) in [5, 5.41) is 0. The zero-order valence-corrected chi connectivity index (χ0v) is 10.6. The molecule has 1 atom stereocenters. The number of nitrogens with zero attached hydrogens (tertiary/aromatic N) is 1. The minimum atomic E-state index is -4.87. The van der Waals surface area contributed by atoms with E-state index in [0.29, 0.717) is 0 Å². The van der Waals surface area contributed by atoms with Crippen molar-refractivity contribution in [3.8, 4) is 0 Å². The number of carbonyl (C=O) groups is 1. The van der Waals surface area contributed by atoms with Crippen molar-refractivity contribution >= 4 is 16.4 Å². The predicted octanol–water partition coefficient (Wildman–Crippen LogP) is 1.43. The van der Waals surface area contributed by atoms with Crippen LogP contribution in [-0.4, -0.2) is 43.2 Å². The molecule has 1 aliphatic heterocycles. The van der Waals surface area contributed by atoms with Gasteiger partial charge in [-0.25, -0.2) is 8.98 Å². The third-order valence-electron chi connectivity index (χ3n) is 1.80. The summed E-state index contributed by atoms with van der Waals surface area (Å²) in [6, 6.07) is 0. The smallest absolute Gasteiger partial charge is 0.425 e. The van der Waals surface area contributed by atoms with Gasteiger partial charge in [0, 0.05) is 0 Å².